The number of hydrogen-bond acceptors (Lipinski definition) is 5. The van der Waals surface area contributed by atoms with Gasteiger partial charge in [0.25, 0.3) is 0 Å². The van der Waals surface area contributed by atoms with Crippen molar-refractivity contribution in [1.82, 2.24) is 0 Å². The van der Waals surface area contributed by atoms with Gasteiger partial charge in [-0.05, 0) is 6.26 Å². The van der Waals surface area contributed by atoms with E-state index in [0.29, 0.717) is 0 Å². The molecule has 0 N–H and O–H groups in total. The molecule has 1 aliphatic rings. The van der Waals surface area contributed by atoms with Crippen molar-refractivity contribution in [2.24, 2.45) is 0 Å². The Morgan fingerprint density at radius 1 is 1.46 bits per heavy atom. The summed E-state index contributed by atoms with van der Waals surface area (Å²) in [6, 6.07) is 0. The van der Waals surface area contributed by atoms with Gasteiger partial charge in [0, 0.05) is 6.92 Å². The van der Waals surface area contributed by atoms with E-state index >= 15 is 0 Å². The first-order valence-electron chi connectivity index (χ1n) is 3.85. The van der Waals surface area contributed by atoms with E-state index in [2.05, 4.69) is 0 Å². The highest BCUT2D eigenvalue weighted by Crippen LogP contribution is 2.25. The van der Waals surface area contributed by atoms with E-state index in [1.54, 1.807) is 0 Å². The van der Waals surface area contributed by atoms with Crippen LogP contribution in [0.2, 0.25) is 0 Å². The summed E-state index contributed by atoms with van der Waals surface area (Å²) in [6.07, 6.45) is 1.36. The van der Waals surface area contributed by atoms with Crippen LogP contribution < -0.4 is 0 Å². The maximum absolute atomic E-state index is 11.2. The lowest BCUT2D eigenvalue weighted by molar-refractivity contribution is -0.144. The molecule has 0 bridgehead atoms. The molecule has 0 aromatic carbocycles. The van der Waals surface area contributed by atoms with Gasteiger partial charge < -0.3 is 4.74 Å². The summed E-state index contributed by atoms with van der Waals surface area (Å²) in [5, 5.41) is -0.103. The van der Waals surface area contributed by atoms with Crippen LogP contribution in [-0.4, -0.2) is 43.5 Å². The van der Waals surface area contributed by atoms with Crippen LogP contribution in [0.4, 0.5) is 0 Å². The van der Waals surface area contributed by atoms with E-state index in [0.717, 1.165) is 0 Å². The molecule has 4 nitrogen and oxygen atoms in total. The number of esters is 1. The van der Waals surface area contributed by atoms with Gasteiger partial charge >= 0.3 is 5.97 Å². The molecule has 0 saturated carbocycles. The van der Waals surface area contributed by atoms with Crippen LogP contribution in [-0.2, 0) is 19.4 Å². The first-order valence-corrected chi connectivity index (χ1v) is 6.96. The molecule has 0 aromatic rings. The number of sulfone groups is 1. The van der Waals surface area contributed by atoms with Crippen molar-refractivity contribution < 1.29 is 17.9 Å². The number of thioether (sulfide) groups is 1. The summed E-state index contributed by atoms with van der Waals surface area (Å²) in [6.45, 7) is 1.29. The molecule has 1 saturated heterocycles. The third-order valence-electron chi connectivity index (χ3n) is 1.87. The summed E-state index contributed by atoms with van der Waals surface area (Å²) in [4.78, 5) is 10.6. The van der Waals surface area contributed by atoms with Gasteiger partial charge in [-0.25, -0.2) is 8.42 Å². The molecular weight excluding hydrogens is 212 g/mol. The highest BCUT2D eigenvalue weighted by molar-refractivity contribution is 8.01. The molecule has 1 aliphatic heterocycles. The lowest BCUT2D eigenvalue weighted by atomic mass is 10.3. The van der Waals surface area contributed by atoms with Gasteiger partial charge in [0.05, 0.1) is 16.8 Å². The van der Waals surface area contributed by atoms with Gasteiger partial charge in [-0.15, -0.1) is 0 Å². The maximum atomic E-state index is 11.2. The first kappa shape index (κ1) is 10.8. The van der Waals surface area contributed by atoms with Crippen LogP contribution >= 0.6 is 11.8 Å². The van der Waals surface area contributed by atoms with Crippen LogP contribution in [0.15, 0.2) is 0 Å². The largest absolute Gasteiger partial charge is 0.460 e. The number of rotatable bonds is 2. The van der Waals surface area contributed by atoms with Gasteiger partial charge in [-0.3, -0.25) is 4.79 Å². The molecule has 0 spiro atoms. The standard InChI is InChI=1S/C7H12O4S2/c1-5(8)11-6-3-13(9,10)4-7(6)12-2/h6-7H,3-4H2,1-2H3/t6-,7-/m0/s1. The second-order valence-electron chi connectivity index (χ2n) is 3.00. The predicted molar refractivity (Wildman–Crippen MR) is 51.5 cm³/mol. The molecule has 0 amide bonds. The molecule has 1 heterocycles. The predicted octanol–water partition coefficient (Wildman–Crippen LogP) is 0.0781. The highest BCUT2D eigenvalue weighted by Gasteiger charge is 2.39. The Morgan fingerprint density at radius 2 is 2.08 bits per heavy atom. The third-order valence-corrected chi connectivity index (χ3v) is 4.86. The third kappa shape index (κ3) is 2.87. The smallest absolute Gasteiger partial charge is 0.302 e. The summed E-state index contributed by atoms with van der Waals surface area (Å²) in [5.41, 5.74) is 0. The van der Waals surface area contributed by atoms with Crippen molar-refractivity contribution in [1.29, 1.82) is 0 Å². The van der Waals surface area contributed by atoms with Gasteiger partial charge in [0.1, 0.15) is 6.10 Å². The van der Waals surface area contributed by atoms with Gasteiger partial charge in [0.15, 0.2) is 9.84 Å². The lowest BCUT2D eigenvalue weighted by Crippen LogP contribution is -2.26. The average molecular weight is 224 g/mol. The molecule has 2 atom stereocenters. The molecule has 0 unspecified atom stereocenters. The second-order valence-corrected chi connectivity index (χ2v) is 6.23. The molecule has 76 valence electrons. The zero-order valence-electron chi connectivity index (χ0n) is 7.52. The Balaban J connectivity index is 2.69. The van der Waals surface area contributed by atoms with E-state index in [1.165, 1.54) is 18.7 Å². The normalized spacial score (nSPS) is 31.5. The average Bonchev–Trinajstić information content (AvgIpc) is 2.24. The molecule has 0 radical (unpaired) electrons. The van der Waals surface area contributed by atoms with Crippen molar-refractivity contribution in [2.45, 2.75) is 18.3 Å². The number of carbonyl (C=O) groups is 1. The number of hydrogen-bond donors (Lipinski definition) is 0. The minimum atomic E-state index is -3.00. The quantitative estimate of drug-likeness (QED) is 0.622. The number of carbonyl (C=O) groups excluding carboxylic acids is 1. The van der Waals surface area contributed by atoms with Gasteiger partial charge in [-0.2, -0.15) is 11.8 Å². The van der Waals surface area contributed by atoms with Crippen LogP contribution in [0, 0.1) is 0 Å². The van der Waals surface area contributed by atoms with Crippen molar-refractivity contribution >= 4 is 27.6 Å². The molecular formula is C7H12O4S2. The zero-order valence-corrected chi connectivity index (χ0v) is 9.15. The molecule has 0 aliphatic carbocycles. The SMILES string of the molecule is CS[C@H]1CS(=O)(=O)C[C@@H]1OC(C)=O. The van der Waals surface area contributed by atoms with Crippen molar-refractivity contribution in [3.8, 4) is 0 Å². The summed E-state index contributed by atoms with van der Waals surface area (Å²) in [5.74, 6) is -0.328. The Morgan fingerprint density at radius 3 is 2.54 bits per heavy atom. The van der Waals surface area contributed by atoms with Crippen molar-refractivity contribution in [2.75, 3.05) is 17.8 Å². The monoisotopic (exact) mass is 224 g/mol. The Hall–Kier alpha value is -0.230. The lowest BCUT2D eigenvalue weighted by Gasteiger charge is -2.14. The summed E-state index contributed by atoms with van der Waals surface area (Å²) in [7, 11) is -3.00. The summed E-state index contributed by atoms with van der Waals surface area (Å²) < 4.78 is 27.3. The minimum absolute atomic E-state index is 0.0297. The van der Waals surface area contributed by atoms with Crippen LogP contribution in [0.3, 0.4) is 0 Å². The van der Waals surface area contributed by atoms with Crippen LogP contribution in [0.5, 0.6) is 0 Å². The fourth-order valence-corrected chi connectivity index (χ4v) is 4.72. The molecule has 1 fully saturated rings. The first-order chi connectivity index (χ1) is 5.94. The topological polar surface area (TPSA) is 60.4 Å². The van der Waals surface area contributed by atoms with E-state index in [4.69, 9.17) is 4.74 Å². The Bertz CT molecular complexity index is 296. The Labute approximate surface area is 81.9 Å². The van der Waals surface area contributed by atoms with Crippen LogP contribution in [0.25, 0.3) is 0 Å². The number of ether oxygens (including phenoxy) is 1. The van der Waals surface area contributed by atoms with Gasteiger partial charge in [-0.1, -0.05) is 0 Å². The van der Waals surface area contributed by atoms with Crippen LogP contribution in [0.1, 0.15) is 6.92 Å². The molecule has 1 rings (SSSR count). The van der Waals surface area contributed by atoms with E-state index < -0.39 is 21.9 Å². The minimum Gasteiger partial charge on any atom is -0.460 e. The van der Waals surface area contributed by atoms with Crippen molar-refractivity contribution in [3.63, 3.8) is 0 Å². The van der Waals surface area contributed by atoms with Crippen molar-refractivity contribution in [3.05, 3.63) is 0 Å². The van der Waals surface area contributed by atoms with E-state index in [9.17, 15) is 13.2 Å². The molecule has 0 aromatic heterocycles. The molecule has 6 heteroatoms. The fourth-order valence-electron chi connectivity index (χ4n) is 1.33. The Kier molecular flexibility index (Phi) is 3.23. The summed E-state index contributed by atoms with van der Waals surface area (Å²) >= 11 is 1.43. The maximum Gasteiger partial charge on any atom is 0.302 e. The highest BCUT2D eigenvalue weighted by atomic mass is 32.2. The van der Waals surface area contributed by atoms with Gasteiger partial charge in [0.2, 0.25) is 0 Å². The van der Waals surface area contributed by atoms with E-state index in [-0.39, 0.29) is 16.8 Å². The second kappa shape index (κ2) is 3.88. The van der Waals surface area contributed by atoms with E-state index in [1.807, 2.05) is 6.26 Å². The fraction of sp³-hybridized carbons (Fsp3) is 0.857. The molecule has 13 heavy (non-hydrogen) atoms. The zero-order chi connectivity index (χ0) is 10.1.